The lowest BCUT2D eigenvalue weighted by molar-refractivity contribution is -0.167. The van der Waals surface area contributed by atoms with Crippen molar-refractivity contribution in [2.45, 2.75) is 64.2 Å². The number of rotatable bonds is 12. The van der Waals surface area contributed by atoms with E-state index in [1.807, 2.05) is 12.1 Å². The van der Waals surface area contributed by atoms with Crippen molar-refractivity contribution >= 4 is 33.7 Å². The van der Waals surface area contributed by atoms with Crippen LogP contribution in [0.1, 0.15) is 50.2 Å². The fourth-order valence-electron chi connectivity index (χ4n) is 6.45. The van der Waals surface area contributed by atoms with Crippen molar-refractivity contribution in [3.63, 3.8) is 0 Å². The van der Waals surface area contributed by atoms with Crippen LogP contribution in [0.25, 0.3) is 21.9 Å². The molecule has 2 aromatic heterocycles. The number of aromatic nitrogens is 3. The zero-order chi connectivity index (χ0) is 27.7. The van der Waals surface area contributed by atoms with Crippen LogP contribution in [0.3, 0.4) is 0 Å². The Kier molecular flexibility index (Phi) is 7.53. The normalized spacial score (nSPS) is 17.2. The number of aliphatic hydroxyl groups excluding tert-OH is 1. The predicted molar refractivity (Wildman–Crippen MR) is 159 cm³/mol. The summed E-state index contributed by atoms with van der Waals surface area (Å²) in [5.74, 6) is 1.77. The van der Waals surface area contributed by atoms with Crippen molar-refractivity contribution in [1.82, 2.24) is 19.9 Å². The SMILES string of the molecule is CCC[C@@H](CCO)Nc1nc(N)nc2c3ccccc3n(Cc3cc(CNC4CC5(COC5)C4)ccc3OC)c12. The van der Waals surface area contributed by atoms with Crippen LogP contribution in [0, 0.1) is 5.41 Å². The number of para-hydroxylation sites is 1. The molecule has 3 heterocycles. The molecule has 2 aromatic carbocycles. The molecule has 0 unspecified atom stereocenters. The van der Waals surface area contributed by atoms with Gasteiger partial charge in [-0.25, -0.2) is 4.98 Å². The maximum atomic E-state index is 9.67. The van der Waals surface area contributed by atoms with Crippen molar-refractivity contribution in [2.24, 2.45) is 5.41 Å². The fourth-order valence-corrected chi connectivity index (χ4v) is 6.45. The zero-order valence-electron chi connectivity index (χ0n) is 23.4. The summed E-state index contributed by atoms with van der Waals surface area (Å²) in [6.07, 6.45) is 4.96. The van der Waals surface area contributed by atoms with Gasteiger partial charge in [0.05, 0.1) is 32.4 Å². The molecular formula is C31H40N6O3. The molecule has 40 heavy (non-hydrogen) atoms. The van der Waals surface area contributed by atoms with E-state index in [2.05, 4.69) is 62.4 Å². The van der Waals surface area contributed by atoms with E-state index in [0.29, 0.717) is 30.2 Å². The van der Waals surface area contributed by atoms with Gasteiger partial charge in [-0.2, -0.15) is 4.98 Å². The minimum absolute atomic E-state index is 0.0834. The van der Waals surface area contributed by atoms with Crippen molar-refractivity contribution in [1.29, 1.82) is 0 Å². The lowest BCUT2D eigenvalue weighted by Crippen LogP contribution is -2.58. The number of nitrogens with zero attached hydrogens (tertiary/aromatic N) is 3. The minimum atomic E-state index is 0.0834. The van der Waals surface area contributed by atoms with Gasteiger partial charge in [0.25, 0.3) is 0 Å². The van der Waals surface area contributed by atoms with Gasteiger partial charge in [0.15, 0.2) is 5.82 Å². The molecule has 2 fully saturated rings. The average molecular weight is 545 g/mol. The molecule has 212 valence electrons. The van der Waals surface area contributed by atoms with Crippen molar-refractivity contribution < 1.29 is 14.6 Å². The quantitative estimate of drug-likeness (QED) is 0.207. The van der Waals surface area contributed by atoms with Gasteiger partial charge in [0.1, 0.15) is 16.8 Å². The van der Waals surface area contributed by atoms with E-state index in [0.717, 1.165) is 65.8 Å². The van der Waals surface area contributed by atoms with Crippen LogP contribution in [0.4, 0.5) is 11.8 Å². The highest BCUT2D eigenvalue weighted by molar-refractivity contribution is 6.09. The number of anilines is 2. The highest BCUT2D eigenvalue weighted by Gasteiger charge is 2.49. The third-order valence-electron chi connectivity index (χ3n) is 8.52. The van der Waals surface area contributed by atoms with E-state index in [1.54, 1.807) is 7.11 Å². The first-order chi connectivity index (χ1) is 19.5. The maximum absolute atomic E-state index is 9.67. The molecule has 1 saturated heterocycles. The minimum Gasteiger partial charge on any atom is -0.496 e. The monoisotopic (exact) mass is 544 g/mol. The molecule has 1 aliphatic carbocycles. The number of fused-ring (bicyclic) bond motifs is 3. The van der Waals surface area contributed by atoms with Gasteiger partial charge in [0, 0.05) is 41.6 Å². The molecule has 9 nitrogen and oxygen atoms in total. The first-order valence-corrected chi connectivity index (χ1v) is 14.4. The van der Waals surface area contributed by atoms with Crippen molar-refractivity contribution in [3.05, 3.63) is 53.6 Å². The molecule has 2 aliphatic rings. The first-order valence-electron chi connectivity index (χ1n) is 14.4. The summed E-state index contributed by atoms with van der Waals surface area (Å²) in [6, 6.07) is 15.3. The van der Waals surface area contributed by atoms with Gasteiger partial charge in [0.2, 0.25) is 5.95 Å². The second-order valence-corrected chi connectivity index (χ2v) is 11.5. The van der Waals surface area contributed by atoms with Gasteiger partial charge in [-0.05, 0) is 49.4 Å². The fraction of sp³-hybridized carbons (Fsp3) is 0.484. The topological polar surface area (TPSA) is 119 Å². The Morgan fingerprint density at radius 2 is 2.00 bits per heavy atom. The molecule has 1 atom stereocenters. The van der Waals surface area contributed by atoms with Gasteiger partial charge >= 0.3 is 0 Å². The molecule has 0 radical (unpaired) electrons. The largest absolute Gasteiger partial charge is 0.496 e. The van der Waals surface area contributed by atoms with Crippen LogP contribution < -0.4 is 21.1 Å². The third-order valence-corrected chi connectivity index (χ3v) is 8.52. The summed E-state index contributed by atoms with van der Waals surface area (Å²) in [6.45, 7) is 5.50. The Morgan fingerprint density at radius 3 is 2.73 bits per heavy atom. The number of hydrogen-bond donors (Lipinski definition) is 4. The number of nitrogens with one attached hydrogen (secondary N) is 2. The Labute approximate surface area is 235 Å². The molecule has 5 N–H and O–H groups in total. The van der Waals surface area contributed by atoms with E-state index >= 15 is 0 Å². The standard InChI is InChI=1S/C31H40N6O3/c1-3-6-22(11-12-38)34-29-28-27(35-30(32)36-29)24-7-4-5-8-25(24)37(28)17-21-13-20(9-10-26(21)39-2)16-33-23-14-31(15-23)18-40-19-31/h4-5,7-10,13,22-23,33,38H,3,6,11-12,14-19H2,1-2H3,(H3,32,34,35,36)/t22-/m0/s1. The number of nitrogen functional groups attached to an aromatic ring is 1. The second kappa shape index (κ2) is 11.2. The predicted octanol–water partition coefficient (Wildman–Crippen LogP) is 4.46. The molecule has 1 aliphatic heterocycles. The zero-order valence-corrected chi connectivity index (χ0v) is 23.4. The van der Waals surface area contributed by atoms with Crippen LogP contribution in [0.2, 0.25) is 0 Å². The van der Waals surface area contributed by atoms with Crippen molar-refractivity contribution in [3.8, 4) is 5.75 Å². The van der Waals surface area contributed by atoms with Crippen LogP contribution in [-0.4, -0.2) is 58.7 Å². The molecule has 1 spiro atoms. The van der Waals surface area contributed by atoms with E-state index in [4.69, 9.17) is 15.2 Å². The number of nitrogens with two attached hydrogens (primary N) is 1. The van der Waals surface area contributed by atoms with Crippen LogP contribution in [0.5, 0.6) is 5.75 Å². The summed E-state index contributed by atoms with van der Waals surface area (Å²) < 4.78 is 13.5. The van der Waals surface area contributed by atoms with Gasteiger partial charge in [-0.3, -0.25) is 0 Å². The molecular weight excluding hydrogens is 504 g/mol. The van der Waals surface area contributed by atoms with Crippen LogP contribution in [-0.2, 0) is 17.8 Å². The Hall–Kier alpha value is -3.40. The smallest absolute Gasteiger partial charge is 0.222 e. The lowest BCUT2D eigenvalue weighted by atomic mass is 9.64. The summed E-state index contributed by atoms with van der Waals surface area (Å²) >= 11 is 0. The number of aliphatic hydroxyl groups is 1. The number of ether oxygens (including phenoxy) is 2. The summed E-state index contributed by atoms with van der Waals surface area (Å²) in [5.41, 5.74) is 11.8. The molecule has 0 amide bonds. The third kappa shape index (κ3) is 5.09. The number of hydrogen-bond acceptors (Lipinski definition) is 8. The molecule has 0 bridgehead atoms. The molecule has 9 heteroatoms. The van der Waals surface area contributed by atoms with E-state index < -0.39 is 0 Å². The molecule has 4 aromatic rings. The molecule has 6 rings (SSSR count). The lowest BCUT2D eigenvalue weighted by Gasteiger charge is -2.53. The highest BCUT2D eigenvalue weighted by Crippen LogP contribution is 2.47. The highest BCUT2D eigenvalue weighted by atomic mass is 16.5. The second-order valence-electron chi connectivity index (χ2n) is 11.5. The first kappa shape index (κ1) is 26.8. The van der Waals surface area contributed by atoms with Crippen LogP contribution >= 0.6 is 0 Å². The molecule has 1 saturated carbocycles. The summed E-state index contributed by atoms with van der Waals surface area (Å²) in [4.78, 5) is 9.33. The van der Waals surface area contributed by atoms with Crippen LogP contribution in [0.15, 0.2) is 42.5 Å². The van der Waals surface area contributed by atoms with Crippen molar-refractivity contribution in [2.75, 3.05) is 38.0 Å². The van der Waals surface area contributed by atoms with E-state index in [1.165, 1.54) is 18.4 Å². The average Bonchev–Trinajstić information content (AvgIpc) is 3.21. The summed E-state index contributed by atoms with van der Waals surface area (Å²) in [5, 5.41) is 18.0. The van der Waals surface area contributed by atoms with Gasteiger partial charge in [-0.15, -0.1) is 0 Å². The Balaban J connectivity index is 1.35. The van der Waals surface area contributed by atoms with Gasteiger partial charge < -0.3 is 35.5 Å². The Bertz CT molecular complexity index is 1480. The summed E-state index contributed by atoms with van der Waals surface area (Å²) in [7, 11) is 1.72. The number of methoxy groups -OCH3 is 1. The maximum Gasteiger partial charge on any atom is 0.222 e. The van der Waals surface area contributed by atoms with E-state index in [9.17, 15) is 5.11 Å². The van der Waals surface area contributed by atoms with E-state index in [-0.39, 0.29) is 18.6 Å². The Morgan fingerprint density at radius 1 is 1.18 bits per heavy atom. The number of benzene rings is 2. The van der Waals surface area contributed by atoms with Gasteiger partial charge in [-0.1, -0.05) is 37.6 Å².